The van der Waals surface area contributed by atoms with Gasteiger partial charge >= 0.3 is 104 Å². The van der Waals surface area contributed by atoms with E-state index in [9.17, 15) is 0 Å². The molecule has 0 N–H and O–H groups in total. The largest absolute Gasteiger partial charge is 1.00 e. The van der Waals surface area contributed by atoms with Crippen molar-refractivity contribution in [3.63, 3.8) is 0 Å². The molecule has 0 nitrogen and oxygen atoms in total. The Morgan fingerprint density at radius 2 is 0.938 bits per heavy atom. The Morgan fingerprint density at radius 3 is 1.31 bits per heavy atom. The van der Waals surface area contributed by atoms with E-state index in [2.05, 4.69) is 13.8 Å². The molecule has 0 saturated carbocycles. The average Bonchev–Trinajstić information content (AvgIpc) is 2.26. The van der Waals surface area contributed by atoms with Crippen LogP contribution in [0.1, 0.15) is 78.1 Å². The first-order valence-corrected chi connectivity index (χ1v) is 8.86. The molecule has 0 aliphatic heterocycles. The summed E-state index contributed by atoms with van der Waals surface area (Å²) in [5, 5.41) is 3.13. The van der Waals surface area contributed by atoms with Crippen LogP contribution in [-0.2, 0) is 0 Å². The predicted octanol–water partition coefficient (Wildman–Crippen LogP) is 2.47. The first kappa shape index (κ1) is 19.6. The Balaban J connectivity index is 0. The summed E-state index contributed by atoms with van der Waals surface area (Å²) in [5.41, 5.74) is 0. The van der Waals surface area contributed by atoms with Crippen LogP contribution < -0.4 is 24.0 Å². The van der Waals surface area contributed by atoms with E-state index in [1.54, 1.807) is 10.6 Å². The van der Waals surface area contributed by atoms with Gasteiger partial charge in [-0.3, -0.25) is 0 Å². The summed E-state index contributed by atoms with van der Waals surface area (Å²) in [6, 6.07) is 0. The summed E-state index contributed by atoms with van der Waals surface area (Å²) < 4.78 is 0. The van der Waals surface area contributed by atoms with Gasteiger partial charge in [-0.1, -0.05) is 0 Å². The maximum Gasteiger partial charge on any atom is -1.00 e. The summed E-state index contributed by atoms with van der Waals surface area (Å²) >= 11 is 0.799. The third-order valence-electron chi connectivity index (χ3n) is 3.02. The van der Waals surface area contributed by atoms with Crippen molar-refractivity contribution in [3.8, 4) is 0 Å². The molecular formula is C14H30AlI. The normalized spacial score (nSPS) is 9.62. The number of hydrogen-bond acceptors (Lipinski definition) is 0. The van der Waals surface area contributed by atoms with Gasteiger partial charge in [0.25, 0.3) is 0 Å². The SMILES string of the molecule is CCCCCC[CH2][Al+][CH2]CCCCCC.[I-]. The minimum absolute atomic E-state index is 0. The van der Waals surface area contributed by atoms with Crippen LogP contribution in [-0.4, -0.2) is 15.2 Å². The van der Waals surface area contributed by atoms with Gasteiger partial charge in [0.15, 0.2) is 0 Å². The fourth-order valence-corrected chi connectivity index (χ4v) is 3.37. The van der Waals surface area contributed by atoms with E-state index >= 15 is 0 Å². The van der Waals surface area contributed by atoms with Crippen molar-refractivity contribution in [2.45, 2.75) is 88.6 Å². The predicted molar refractivity (Wildman–Crippen MR) is 72.9 cm³/mol. The van der Waals surface area contributed by atoms with Crippen LogP contribution in [0.15, 0.2) is 0 Å². The second-order valence-corrected chi connectivity index (χ2v) is 6.43. The smallest absolute Gasteiger partial charge is 1.00 e. The van der Waals surface area contributed by atoms with Gasteiger partial charge in [0.2, 0.25) is 0 Å². The third kappa shape index (κ3) is 17.7. The zero-order valence-electron chi connectivity index (χ0n) is 11.4. The summed E-state index contributed by atoms with van der Waals surface area (Å²) in [6.45, 7) is 4.59. The van der Waals surface area contributed by atoms with E-state index in [1.165, 1.54) is 64.2 Å². The van der Waals surface area contributed by atoms with Crippen LogP contribution in [0.25, 0.3) is 0 Å². The van der Waals surface area contributed by atoms with Gasteiger partial charge in [-0.2, -0.15) is 0 Å². The topological polar surface area (TPSA) is 0 Å². The Hall–Kier alpha value is 1.26. The molecule has 16 heavy (non-hydrogen) atoms. The second-order valence-electron chi connectivity index (χ2n) is 4.69. The second kappa shape index (κ2) is 18.6. The standard InChI is InChI=1S/2C7H15.Al.HI/c2*1-3-5-7-6-4-2;;/h2*1,3-7H2,2H3;;1H/q;;+1;/p-1. The molecule has 0 saturated heterocycles. The minimum atomic E-state index is 0. The monoisotopic (exact) mass is 352 g/mol. The molecule has 2 heteroatoms. The maximum absolute atomic E-state index is 2.29. The average molecular weight is 352 g/mol. The van der Waals surface area contributed by atoms with E-state index in [0.29, 0.717) is 0 Å². The molecule has 0 aliphatic rings. The fourth-order valence-electron chi connectivity index (χ4n) is 1.93. The molecule has 0 amide bonds. The van der Waals surface area contributed by atoms with E-state index in [-0.39, 0.29) is 24.0 Å². The molecule has 0 rings (SSSR count). The third-order valence-corrected chi connectivity index (χ3v) is 4.66. The van der Waals surface area contributed by atoms with Crippen LogP contribution in [0.5, 0.6) is 0 Å². The summed E-state index contributed by atoms with van der Waals surface area (Å²) in [5.74, 6) is 0. The Labute approximate surface area is 127 Å². The minimum Gasteiger partial charge on any atom is -1.00 e. The van der Waals surface area contributed by atoms with Crippen molar-refractivity contribution in [1.82, 2.24) is 0 Å². The van der Waals surface area contributed by atoms with Crippen LogP contribution in [0.4, 0.5) is 0 Å². The van der Waals surface area contributed by atoms with E-state index < -0.39 is 0 Å². The van der Waals surface area contributed by atoms with Crippen molar-refractivity contribution in [2.24, 2.45) is 0 Å². The van der Waals surface area contributed by atoms with Crippen LogP contribution in [0, 0.1) is 0 Å². The molecule has 0 atom stereocenters. The van der Waals surface area contributed by atoms with Gasteiger partial charge in [0.1, 0.15) is 0 Å². The molecule has 0 aliphatic carbocycles. The molecule has 0 aromatic heterocycles. The van der Waals surface area contributed by atoms with E-state index in [0.717, 1.165) is 15.2 Å². The summed E-state index contributed by atoms with van der Waals surface area (Å²) in [7, 11) is 0. The van der Waals surface area contributed by atoms with Gasteiger partial charge in [-0.15, -0.1) is 0 Å². The Bertz CT molecular complexity index is 94.9. The van der Waals surface area contributed by atoms with Crippen molar-refractivity contribution >= 4 is 15.2 Å². The van der Waals surface area contributed by atoms with Crippen molar-refractivity contribution in [3.05, 3.63) is 0 Å². The van der Waals surface area contributed by atoms with Gasteiger partial charge in [-0.25, -0.2) is 0 Å². The number of rotatable bonds is 12. The van der Waals surface area contributed by atoms with Crippen molar-refractivity contribution < 1.29 is 24.0 Å². The fraction of sp³-hybridized carbons (Fsp3) is 1.00. The van der Waals surface area contributed by atoms with E-state index in [1.807, 2.05) is 0 Å². The van der Waals surface area contributed by atoms with E-state index in [4.69, 9.17) is 0 Å². The van der Waals surface area contributed by atoms with Crippen LogP contribution >= 0.6 is 0 Å². The van der Waals surface area contributed by atoms with Gasteiger partial charge in [-0.05, 0) is 0 Å². The van der Waals surface area contributed by atoms with Gasteiger partial charge < -0.3 is 24.0 Å². The molecule has 0 fully saturated rings. The molecule has 0 spiro atoms. The quantitative estimate of drug-likeness (QED) is 0.288. The molecular weight excluding hydrogens is 322 g/mol. The molecule has 0 radical (unpaired) electrons. The molecule has 0 bridgehead atoms. The Kier molecular flexibility index (Phi) is 22.8. The first-order valence-electron chi connectivity index (χ1n) is 7.23. The van der Waals surface area contributed by atoms with Crippen LogP contribution in [0.2, 0.25) is 10.6 Å². The molecule has 0 heterocycles. The zero-order chi connectivity index (χ0) is 11.2. The van der Waals surface area contributed by atoms with Gasteiger partial charge in [0.05, 0.1) is 0 Å². The Morgan fingerprint density at radius 1 is 0.562 bits per heavy atom. The first-order chi connectivity index (χ1) is 7.41. The zero-order valence-corrected chi connectivity index (χ0v) is 14.8. The molecule has 0 aromatic rings. The molecule has 0 unspecified atom stereocenters. The summed E-state index contributed by atoms with van der Waals surface area (Å²) in [4.78, 5) is 0. The summed E-state index contributed by atoms with van der Waals surface area (Å²) in [6.07, 6.45) is 14.6. The van der Waals surface area contributed by atoms with Gasteiger partial charge in [0, 0.05) is 0 Å². The van der Waals surface area contributed by atoms with Crippen LogP contribution in [0.3, 0.4) is 0 Å². The number of halogens is 1. The van der Waals surface area contributed by atoms with Crippen molar-refractivity contribution in [2.75, 3.05) is 0 Å². The molecule has 96 valence electrons. The van der Waals surface area contributed by atoms with Crippen molar-refractivity contribution in [1.29, 1.82) is 0 Å². The maximum atomic E-state index is 2.29. The number of hydrogen-bond donors (Lipinski definition) is 0. The number of unbranched alkanes of at least 4 members (excludes halogenated alkanes) is 8. The molecule has 0 aromatic carbocycles.